The molecule has 0 amide bonds. The quantitative estimate of drug-likeness (QED) is 0.417. The fourth-order valence-corrected chi connectivity index (χ4v) is 2.22. The molecule has 5 nitrogen and oxygen atoms in total. The van der Waals surface area contributed by atoms with Gasteiger partial charge in [-0.1, -0.05) is 6.07 Å². The molecule has 0 aliphatic rings. The van der Waals surface area contributed by atoms with Gasteiger partial charge in [0.15, 0.2) is 6.20 Å². The minimum Gasteiger partial charge on any atom is -0.618 e. The third-order valence-corrected chi connectivity index (χ3v) is 3.42. The van der Waals surface area contributed by atoms with Gasteiger partial charge in [0, 0.05) is 31.9 Å². The number of azo groups is 1. The van der Waals surface area contributed by atoms with Crippen molar-refractivity contribution in [2.45, 2.75) is 0 Å². The van der Waals surface area contributed by atoms with Crippen LogP contribution in [0.4, 0.5) is 17.1 Å². The summed E-state index contributed by atoms with van der Waals surface area (Å²) in [7, 11) is 3.98. The van der Waals surface area contributed by atoms with Gasteiger partial charge >= 0.3 is 0 Å². The van der Waals surface area contributed by atoms with Crippen molar-refractivity contribution in [3.05, 3.63) is 66.0 Å². The molecule has 0 bridgehead atoms. The van der Waals surface area contributed by atoms with Crippen molar-refractivity contribution in [1.82, 2.24) is 0 Å². The van der Waals surface area contributed by atoms with Crippen LogP contribution in [0, 0.1) is 5.21 Å². The second kappa shape index (κ2) is 5.81. The largest absolute Gasteiger partial charge is 0.618 e. The van der Waals surface area contributed by atoms with Crippen LogP contribution in [0.1, 0.15) is 0 Å². The van der Waals surface area contributed by atoms with Crippen LogP contribution in [0.15, 0.2) is 71.0 Å². The lowest BCUT2D eigenvalue weighted by Crippen LogP contribution is -2.25. The van der Waals surface area contributed by atoms with Gasteiger partial charge in [-0.3, -0.25) is 0 Å². The molecule has 0 aliphatic carbocycles. The van der Waals surface area contributed by atoms with E-state index in [1.165, 1.54) is 6.20 Å². The van der Waals surface area contributed by atoms with Crippen LogP contribution >= 0.6 is 0 Å². The Labute approximate surface area is 128 Å². The maximum Gasteiger partial charge on any atom is 0.225 e. The summed E-state index contributed by atoms with van der Waals surface area (Å²) in [6.07, 6.45) is 1.48. The number of hydrogen-bond acceptors (Lipinski definition) is 4. The number of nitrogens with zero attached hydrogens (tertiary/aromatic N) is 4. The Bertz CT molecular complexity index is 826. The van der Waals surface area contributed by atoms with Crippen LogP contribution in [0.25, 0.3) is 10.9 Å². The zero-order valence-corrected chi connectivity index (χ0v) is 12.5. The van der Waals surface area contributed by atoms with Crippen LogP contribution < -0.4 is 9.63 Å². The highest BCUT2D eigenvalue weighted by atomic mass is 16.5. The first-order chi connectivity index (χ1) is 10.6. The summed E-state index contributed by atoms with van der Waals surface area (Å²) in [6.45, 7) is 0. The summed E-state index contributed by atoms with van der Waals surface area (Å²) in [6, 6.07) is 16.8. The number of fused-ring (bicyclic) bond motifs is 1. The maximum absolute atomic E-state index is 11.7. The Morgan fingerprint density at radius 1 is 0.909 bits per heavy atom. The molecule has 0 aliphatic heterocycles. The molecule has 0 atom stereocenters. The molecule has 1 aromatic heterocycles. The van der Waals surface area contributed by atoms with Crippen LogP contribution in [0.3, 0.4) is 0 Å². The molecule has 5 heteroatoms. The normalized spacial score (nSPS) is 11.2. The van der Waals surface area contributed by atoms with Crippen LogP contribution in [-0.4, -0.2) is 14.1 Å². The van der Waals surface area contributed by atoms with Gasteiger partial charge in [0.05, 0.1) is 16.8 Å². The third kappa shape index (κ3) is 2.74. The van der Waals surface area contributed by atoms with Gasteiger partial charge in [-0.2, -0.15) is 9.84 Å². The van der Waals surface area contributed by atoms with E-state index in [0.29, 0.717) is 11.2 Å². The van der Waals surface area contributed by atoms with E-state index in [-0.39, 0.29) is 0 Å². The first-order valence-electron chi connectivity index (χ1n) is 6.95. The predicted octanol–water partition coefficient (Wildman–Crippen LogP) is 3.95. The van der Waals surface area contributed by atoms with Gasteiger partial charge in [-0.15, -0.1) is 5.11 Å². The van der Waals surface area contributed by atoms with Crippen molar-refractivity contribution in [1.29, 1.82) is 0 Å². The minimum atomic E-state index is 0.585. The highest BCUT2D eigenvalue weighted by Crippen LogP contribution is 2.26. The van der Waals surface area contributed by atoms with E-state index in [4.69, 9.17) is 0 Å². The predicted molar refractivity (Wildman–Crippen MR) is 87.9 cm³/mol. The molecule has 22 heavy (non-hydrogen) atoms. The lowest BCUT2D eigenvalue weighted by atomic mass is 10.2. The summed E-state index contributed by atoms with van der Waals surface area (Å²) in [5.74, 6) is 0. The number of hydrogen-bond donors (Lipinski definition) is 0. The Kier molecular flexibility index (Phi) is 3.70. The van der Waals surface area contributed by atoms with Crippen molar-refractivity contribution >= 4 is 28.0 Å². The minimum absolute atomic E-state index is 0.585. The summed E-state index contributed by atoms with van der Waals surface area (Å²) in [5.41, 5.74) is 3.14. The Morgan fingerprint density at radius 2 is 1.68 bits per heavy atom. The smallest absolute Gasteiger partial charge is 0.225 e. The Balaban J connectivity index is 1.94. The van der Waals surface area contributed by atoms with Crippen LogP contribution in [0.5, 0.6) is 0 Å². The molecule has 110 valence electrons. The molecule has 0 radical (unpaired) electrons. The summed E-state index contributed by atoms with van der Waals surface area (Å²) < 4.78 is 0.834. The number of anilines is 1. The van der Waals surface area contributed by atoms with Crippen molar-refractivity contribution in [2.75, 3.05) is 19.0 Å². The van der Waals surface area contributed by atoms with Crippen molar-refractivity contribution < 1.29 is 4.73 Å². The SMILES string of the molecule is CN(C)c1ccc(N=Nc2cccc3c2ccc[n+]3[O-])cc1. The van der Waals surface area contributed by atoms with Crippen LogP contribution in [-0.2, 0) is 0 Å². The van der Waals surface area contributed by atoms with E-state index in [9.17, 15) is 5.21 Å². The highest BCUT2D eigenvalue weighted by molar-refractivity contribution is 5.87. The molecule has 0 unspecified atom stereocenters. The van der Waals surface area contributed by atoms with Crippen molar-refractivity contribution in [2.24, 2.45) is 10.2 Å². The number of rotatable bonds is 3. The monoisotopic (exact) mass is 292 g/mol. The third-order valence-electron chi connectivity index (χ3n) is 3.42. The molecule has 0 spiro atoms. The van der Waals surface area contributed by atoms with E-state index in [1.807, 2.05) is 55.4 Å². The van der Waals surface area contributed by atoms with E-state index in [0.717, 1.165) is 21.5 Å². The molecule has 1 heterocycles. The molecular weight excluding hydrogens is 276 g/mol. The fraction of sp³-hybridized carbons (Fsp3) is 0.118. The molecular formula is C17H16N4O. The lowest BCUT2D eigenvalue weighted by Gasteiger charge is -2.11. The maximum atomic E-state index is 11.7. The molecule has 0 fully saturated rings. The molecule has 0 saturated heterocycles. The van der Waals surface area contributed by atoms with E-state index < -0.39 is 0 Å². The second-order valence-corrected chi connectivity index (χ2v) is 5.15. The summed E-state index contributed by atoms with van der Waals surface area (Å²) in [4.78, 5) is 2.03. The zero-order valence-electron chi connectivity index (χ0n) is 12.5. The van der Waals surface area contributed by atoms with Crippen molar-refractivity contribution in [3.8, 4) is 0 Å². The zero-order chi connectivity index (χ0) is 15.5. The number of benzene rings is 2. The highest BCUT2D eigenvalue weighted by Gasteiger charge is 2.06. The second-order valence-electron chi connectivity index (χ2n) is 5.15. The van der Waals surface area contributed by atoms with Crippen LogP contribution in [0.2, 0.25) is 0 Å². The van der Waals surface area contributed by atoms with Gasteiger partial charge < -0.3 is 10.1 Å². The molecule has 0 N–H and O–H groups in total. The summed E-state index contributed by atoms with van der Waals surface area (Å²) in [5, 5.41) is 21.1. The van der Waals surface area contributed by atoms with Gasteiger partial charge in [0.2, 0.25) is 5.52 Å². The standard InChI is InChI=1S/C17H16N4O/c1-20(2)14-10-8-13(9-11-14)18-19-16-6-3-7-17-15(16)5-4-12-21(17)22/h3-12H,1-2H3. The Hall–Kier alpha value is -2.95. The lowest BCUT2D eigenvalue weighted by molar-refractivity contribution is -0.577. The molecule has 0 saturated carbocycles. The van der Waals surface area contributed by atoms with E-state index in [2.05, 4.69) is 10.2 Å². The average molecular weight is 292 g/mol. The number of pyridine rings is 1. The molecule has 3 aromatic rings. The fourth-order valence-electron chi connectivity index (χ4n) is 2.22. The van der Waals surface area contributed by atoms with E-state index >= 15 is 0 Å². The first kappa shape index (κ1) is 14.0. The average Bonchev–Trinajstić information content (AvgIpc) is 2.54. The van der Waals surface area contributed by atoms with Gasteiger partial charge in [0.25, 0.3) is 0 Å². The first-order valence-corrected chi connectivity index (χ1v) is 6.95. The number of aromatic nitrogens is 1. The van der Waals surface area contributed by atoms with Gasteiger partial charge in [-0.25, -0.2) is 0 Å². The Morgan fingerprint density at radius 3 is 2.41 bits per heavy atom. The van der Waals surface area contributed by atoms with E-state index in [1.54, 1.807) is 18.2 Å². The topological polar surface area (TPSA) is 54.9 Å². The molecule has 3 rings (SSSR count). The van der Waals surface area contributed by atoms with Crippen molar-refractivity contribution in [3.63, 3.8) is 0 Å². The molecule has 2 aromatic carbocycles. The van der Waals surface area contributed by atoms with Gasteiger partial charge in [-0.05, 0) is 36.4 Å². The summed E-state index contributed by atoms with van der Waals surface area (Å²) >= 11 is 0. The van der Waals surface area contributed by atoms with Gasteiger partial charge in [0.1, 0.15) is 0 Å².